The number of rotatable bonds is 7. The smallest absolute Gasteiger partial charge is 0.260 e. The largest absolute Gasteiger partial charge is 0.497 e. The summed E-state index contributed by atoms with van der Waals surface area (Å²) in [6, 6.07) is 18.5. The van der Waals surface area contributed by atoms with E-state index in [1.54, 1.807) is 7.11 Å². The van der Waals surface area contributed by atoms with Crippen molar-refractivity contribution in [1.82, 2.24) is 14.9 Å². The molecule has 0 unspecified atom stereocenters. The summed E-state index contributed by atoms with van der Waals surface area (Å²) in [7, 11) is 1.62. The second-order valence-corrected chi connectivity index (χ2v) is 7.48. The number of piperazine rings is 1. The monoisotopic (exact) mass is 434 g/mol. The SMILES string of the molecule is COc1ccc(Oc2cc(N3CCN(C(=O)COc4ccccc4)[C@H](C)C3)ncn2)cc1. The zero-order chi connectivity index (χ0) is 22.3. The van der Waals surface area contributed by atoms with Crippen LogP contribution < -0.4 is 19.1 Å². The maximum atomic E-state index is 12.7. The van der Waals surface area contributed by atoms with Crippen LogP contribution in [0.4, 0.5) is 5.82 Å². The highest BCUT2D eigenvalue weighted by molar-refractivity contribution is 5.78. The van der Waals surface area contributed by atoms with Crippen molar-refractivity contribution < 1.29 is 19.0 Å². The molecule has 2 aromatic carbocycles. The number of aromatic nitrogens is 2. The van der Waals surface area contributed by atoms with Crippen LogP contribution >= 0.6 is 0 Å². The third-order valence-electron chi connectivity index (χ3n) is 5.29. The van der Waals surface area contributed by atoms with Gasteiger partial charge in [0.05, 0.1) is 7.11 Å². The van der Waals surface area contributed by atoms with E-state index in [1.807, 2.05) is 72.5 Å². The molecule has 8 heteroatoms. The van der Waals surface area contributed by atoms with E-state index in [1.165, 1.54) is 6.33 Å². The van der Waals surface area contributed by atoms with E-state index in [9.17, 15) is 4.79 Å². The summed E-state index contributed by atoms with van der Waals surface area (Å²) < 4.78 is 16.6. The van der Waals surface area contributed by atoms with E-state index in [4.69, 9.17) is 14.2 Å². The Hall–Kier alpha value is -3.81. The number of ether oxygens (including phenoxy) is 3. The van der Waals surface area contributed by atoms with Crippen molar-refractivity contribution >= 4 is 11.7 Å². The highest BCUT2D eigenvalue weighted by Gasteiger charge is 2.28. The molecule has 0 bridgehead atoms. The van der Waals surface area contributed by atoms with Gasteiger partial charge >= 0.3 is 0 Å². The van der Waals surface area contributed by atoms with E-state index >= 15 is 0 Å². The lowest BCUT2D eigenvalue weighted by atomic mass is 10.2. The fourth-order valence-corrected chi connectivity index (χ4v) is 3.60. The normalized spacial score (nSPS) is 15.9. The molecule has 1 aromatic heterocycles. The lowest BCUT2D eigenvalue weighted by molar-refractivity contribution is -0.135. The number of nitrogens with zero attached hydrogens (tertiary/aromatic N) is 4. The summed E-state index contributed by atoms with van der Waals surface area (Å²) in [6.07, 6.45) is 1.49. The van der Waals surface area contributed by atoms with Crippen molar-refractivity contribution in [3.05, 3.63) is 67.0 Å². The zero-order valence-corrected chi connectivity index (χ0v) is 18.2. The number of hydrogen-bond donors (Lipinski definition) is 0. The van der Waals surface area contributed by atoms with Crippen molar-refractivity contribution in [3.8, 4) is 23.1 Å². The summed E-state index contributed by atoms with van der Waals surface area (Å²) in [5.74, 6) is 3.32. The Bertz CT molecular complexity index is 1030. The molecular weight excluding hydrogens is 408 g/mol. The van der Waals surface area contributed by atoms with Crippen LogP contribution in [0.25, 0.3) is 0 Å². The Morgan fingerprint density at radius 3 is 2.47 bits per heavy atom. The van der Waals surface area contributed by atoms with Crippen LogP contribution in [0, 0.1) is 0 Å². The van der Waals surface area contributed by atoms with Gasteiger partial charge in [-0.3, -0.25) is 4.79 Å². The van der Waals surface area contributed by atoms with Crippen LogP contribution in [0.15, 0.2) is 67.0 Å². The minimum absolute atomic E-state index is 0.0211. The Kier molecular flexibility index (Phi) is 6.69. The highest BCUT2D eigenvalue weighted by Crippen LogP contribution is 2.25. The van der Waals surface area contributed by atoms with Gasteiger partial charge in [-0.05, 0) is 43.3 Å². The number of benzene rings is 2. The third-order valence-corrected chi connectivity index (χ3v) is 5.29. The maximum absolute atomic E-state index is 12.7. The Balaban J connectivity index is 1.34. The number of amides is 1. The fraction of sp³-hybridized carbons (Fsp3) is 0.292. The molecular formula is C24H26N4O4. The molecule has 0 aliphatic carbocycles. The quantitative estimate of drug-likeness (QED) is 0.564. The molecule has 0 N–H and O–H groups in total. The van der Waals surface area contributed by atoms with Crippen molar-refractivity contribution in [3.63, 3.8) is 0 Å². The average Bonchev–Trinajstić information content (AvgIpc) is 2.84. The number of carbonyl (C=O) groups is 1. The topological polar surface area (TPSA) is 77.0 Å². The molecule has 0 saturated carbocycles. The first-order valence-electron chi connectivity index (χ1n) is 10.5. The molecule has 1 amide bonds. The molecule has 1 aliphatic heterocycles. The minimum atomic E-state index is -0.0211. The average molecular weight is 434 g/mol. The molecule has 1 saturated heterocycles. The number of methoxy groups -OCH3 is 1. The molecule has 1 aliphatic rings. The molecule has 3 aromatic rings. The van der Waals surface area contributed by atoms with Gasteiger partial charge in [-0.15, -0.1) is 0 Å². The van der Waals surface area contributed by atoms with Crippen LogP contribution in [0.5, 0.6) is 23.1 Å². The van der Waals surface area contributed by atoms with E-state index in [0.717, 1.165) is 11.6 Å². The van der Waals surface area contributed by atoms with E-state index < -0.39 is 0 Å². The van der Waals surface area contributed by atoms with Crippen LogP contribution in [-0.2, 0) is 4.79 Å². The zero-order valence-electron chi connectivity index (χ0n) is 18.2. The minimum Gasteiger partial charge on any atom is -0.497 e. The summed E-state index contributed by atoms with van der Waals surface area (Å²) in [5.41, 5.74) is 0. The number of anilines is 1. The molecule has 0 spiro atoms. The van der Waals surface area contributed by atoms with Crippen molar-refractivity contribution in [2.45, 2.75) is 13.0 Å². The van der Waals surface area contributed by atoms with E-state index in [-0.39, 0.29) is 18.6 Å². The van der Waals surface area contributed by atoms with Gasteiger partial charge in [0, 0.05) is 31.7 Å². The summed E-state index contributed by atoms with van der Waals surface area (Å²) in [4.78, 5) is 25.3. The molecule has 2 heterocycles. The standard InChI is InChI=1S/C24H26N4O4/c1-18-15-27(12-13-28(18)24(29)16-31-20-6-4-3-5-7-20)22-14-23(26-17-25-22)32-21-10-8-19(30-2)9-11-21/h3-11,14,17-18H,12-13,15-16H2,1-2H3/t18-/m1/s1. The molecule has 1 atom stereocenters. The summed E-state index contributed by atoms with van der Waals surface area (Å²) in [6.45, 7) is 3.98. The number of carbonyl (C=O) groups excluding carboxylic acids is 1. The van der Waals surface area contributed by atoms with Crippen LogP contribution in [0.2, 0.25) is 0 Å². The van der Waals surface area contributed by atoms with Crippen LogP contribution in [0.1, 0.15) is 6.92 Å². The van der Waals surface area contributed by atoms with Gasteiger partial charge in [0.25, 0.3) is 5.91 Å². The van der Waals surface area contributed by atoms with Crippen molar-refractivity contribution in [2.24, 2.45) is 0 Å². The lowest BCUT2D eigenvalue weighted by Crippen LogP contribution is -2.55. The van der Waals surface area contributed by atoms with Gasteiger partial charge in [-0.1, -0.05) is 18.2 Å². The van der Waals surface area contributed by atoms with E-state index in [2.05, 4.69) is 14.9 Å². The molecule has 32 heavy (non-hydrogen) atoms. The molecule has 166 valence electrons. The van der Waals surface area contributed by atoms with Crippen LogP contribution in [0.3, 0.4) is 0 Å². The Morgan fingerprint density at radius 1 is 1.00 bits per heavy atom. The Labute approximate surface area is 187 Å². The first kappa shape index (κ1) is 21.4. The second-order valence-electron chi connectivity index (χ2n) is 7.48. The van der Waals surface area contributed by atoms with Gasteiger partial charge in [0.1, 0.15) is 29.4 Å². The molecule has 8 nitrogen and oxygen atoms in total. The fourth-order valence-electron chi connectivity index (χ4n) is 3.60. The highest BCUT2D eigenvalue weighted by atomic mass is 16.5. The third kappa shape index (κ3) is 5.26. The molecule has 1 fully saturated rings. The van der Waals surface area contributed by atoms with Crippen molar-refractivity contribution in [2.75, 3.05) is 38.3 Å². The first-order chi connectivity index (χ1) is 15.6. The van der Waals surface area contributed by atoms with Gasteiger partial charge in [-0.25, -0.2) is 9.97 Å². The second kappa shape index (κ2) is 10.00. The van der Waals surface area contributed by atoms with Gasteiger partial charge in [0.15, 0.2) is 6.61 Å². The number of hydrogen-bond acceptors (Lipinski definition) is 7. The maximum Gasteiger partial charge on any atom is 0.260 e. The predicted octanol–water partition coefficient (Wildman–Crippen LogP) is 3.39. The summed E-state index contributed by atoms with van der Waals surface area (Å²) in [5, 5.41) is 0. The number of para-hydroxylation sites is 1. The van der Waals surface area contributed by atoms with Gasteiger partial charge < -0.3 is 24.0 Å². The van der Waals surface area contributed by atoms with Crippen LogP contribution in [-0.4, -0.2) is 60.2 Å². The molecule has 4 rings (SSSR count). The van der Waals surface area contributed by atoms with Gasteiger partial charge in [-0.2, -0.15) is 0 Å². The van der Waals surface area contributed by atoms with Crippen molar-refractivity contribution in [1.29, 1.82) is 0 Å². The molecule has 0 radical (unpaired) electrons. The van der Waals surface area contributed by atoms with Gasteiger partial charge in [0.2, 0.25) is 5.88 Å². The predicted molar refractivity (Wildman–Crippen MR) is 120 cm³/mol. The lowest BCUT2D eigenvalue weighted by Gasteiger charge is -2.40. The Morgan fingerprint density at radius 2 is 1.75 bits per heavy atom. The summed E-state index contributed by atoms with van der Waals surface area (Å²) >= 11 is 0. The van der Waals surface area contributed by atoms with E-state index in [0.29, 0.717) is 37.0 Å². The first-order valence-corrected chi connectivity index (χ1v) is 10.5.